The molecule has 0 aliphatic heterocycles. The number of hydrogen-bond acceptors (Lipinski definition) is 0. The second-order valence-corrected chi connectivity index (χ2v) is 0. The van der Waals surface area contributed by atoms with Gasteiger partial charge in [-0.1, -0.05) is 0 Å². The van der Waals surface area contributed by atoms with Crippen LogP contribution in [0.1, 0.15) is 0 Å². The molecule has 0 saturated heterocycles. The van der Waals surface area contributed by atoms with Crippen molar-refractivity contribution in [2.45, 2.75) is 0 Å². The molecule has 0 aromatic carbocycles. The Balaban J connectivity index is 0. The molecular weight excluding hydrogens is 566 g/mol. The normalized spacial score (nSPS) is 0. The predicted octanol–water partition coefficient (Wildman–Crippen LogP) is -24.0. The van der Waals surface area contributed by atoms with Gasteiger partial charge in [-0.15, -0.1) is 0 Å². The molecule has 0 N–H and O–H groups in total. The van der Waals surface area contributed by atoms with Gasteiger partial charge < -0.3 is 86.8 Å². The first-order valence-electron chi connectivity index (χ1n) is 0. The van der Waals surface area contributed by atoms with Crippen molar-refractivity contribution in [3.8, 4) is 0 Å². The van der Waals surface area contributed by atoms with E-state index in [-0.39, 0.29) is 216 Å². The molecule has 0 bridgehead atoms. The maximum absolute atomic E-state index is 0. The van der Waals surface area contributed by atoms with Gasteiger partial charge >= 0.3 is 129 Å². The zero-order valence-electron chi connectivity index (χ0n) is 4.72. The zero-order valence-corrected chi connectivity index (χ0v) is 19.9. The minimum absolute atomic E-state index is 0. The van der Waals surface area contributed by atoms with Crippen LogP contribution in [-0.4, -0.2) is 0 Å². The summed E-state index contributed by atoms with van der Waals surface area (Å²) >= 11 is 0. The summed E-state index contributed by atoms with van der Waals surface area (Å²) in [5, 5.41) is 0. The average molecular weight is 566 g/mol. The van der Waals surface area contributed by atoms with Gasteiger partial charge in [-0.25, -0.2) is 0 Å². The number of hydrogen-bond donors (Lipinski definition) is 0. The summed E-state index contributed by atoms with van der Waals surface area (Å²) in [5.74, 6) is 0. The summed E-state index contributed by atoms with van der Waals surface area (Å²) in [6, 6.07) is 0. The minimum Gasteiger partial charge on any atom is -1.00 e. The maximum Gasteiger partial charge on any atom is 3.00 e. The summed E-state index contributed by atoms with van der Waals surface area (Å²) in [6.45, 7) is 0. The van der Waals surface area contributed by atoms with Crippen LogP contribution in [0.15, 0.2) is 0 Å². The van der Waals surface area contributed by atoms with E-state index in [1.165, 1.54) is 0 Å². The largest absolute Gasteiger partial charge is 3.00 e. The fraction of sp³-hybridized carbons (Fsp3) is 0. The van der Waals surface area contributed by atoms with Gasteiger partial charge in [-0.05, 0) is 0 Å². The van der Waals surface area contributed by atoms with E-state index in [2.05, 4.69) is 0 Å². The van der Waals surface area contributed by atoms with E-state index in [1.807, 2.05) is 0 Å². The number of rotatable bonds is 0. The van der Waals surface area contributed by atoms with Crippen molar-refractivity contribution < 1.29 is 216 Å². The van der Waals surface area contributed by atoms with Gasteiger partial charge in [0.15, 0.2) is 0 Å². The topological polar surface area (TPSA) is 0 Å². The van der Waals surface area contributed by atoms with Crippen molar-refractivity contribution in [2.75, 3.05) is 0 Å². The third-order valence-electron chi connectivity index (χ3n) is 0. The fourth-order valence-corrected chi connectivity index (χ4v) is 0. The molecule has 1 radical (unpaired) electrons. The van der Waals surface area contributed by atoms with E-state index < -0.39 is 0 Å². The van der Waals surface area contributed by atoms with E-state index in [0.717, 1.165) is 0 Å². The Morgan fingerprint density at radius 3 is 0.400 bits per heavy atom. The summed E-state index contributed by atoms with van der Waals surface area (Å²) in [7, 11) is 0. The van der Waals surface area contributed by atoms with Gasteiger partial charge in [0, 0.05) is 0 Å². The van der Waals surface area contributed by atoms with E-state index in [0.29, 0.717) is 0 Å². The Kier molecular flexibility index (Phi) is 769. The Hall–Kier alpha value is 6.24. The molecular formula is CeCl7KLa. The average Bonchev–Trinajstić information content (AvgIpc) is 0. The molecule has 0 rings (SSSR count). The second kappa shape index (κ2) is 79.4. The van der Waals surface area contributed by atoms with Crippen LogP contribution in [0.25, 0.3) is 0 Å². The van der Waals surface area contributed by atoms with Crippen LogP contribution in [-0.2, 0) is 0 Å². The standard InChI is InChI=1S/Ce.7ClH.K.La/h;7*1H;;/q+3;;;;;;;;+1;+3/p-7. The van der Waals surface area contributed by atoms with Crippen molar-refractivity contribution in [3.05, 3.63) is 0 Å². The molecule has 0 nitrogen and oxygen atoms in total. The molecule has 0 aliphatic carbocycles. The van der Waals surface area contributed by atoms with Crippen molar-refractivity contribution in [1.29, 1.82) is 0 Å². The van der Waals surface area contributed by atoms with E-state index in [1.54, 1.807) is 0 Å². The molecule has 10 heavy (non-hydrogen) atoms. The Labute approximate surface area is 209 Å². The Morgan fingerprint density at radius 1 is 0.400 bits per heavy atom. The van der Waals surface area contributed by atoms with Crippen LogP contribution < -0.4 is 138 Å². The van der Waals surface area contributed by atoms with Crippen LogP contribution >= 0.6 is 0 Å². The molecule has 0 aromatic heterocycles. The Morgan fingerprint density at radius 2 is 0.400 bits per heavy atom. The van der Waals surface area contributed by atoms with E-state index >= 15 is 0 Å². The van der Waals surface area contributed by atoms with E-state index in [9.17, 15) is 0 Å². The molecule has 0 fully saturated rings. The monoisotopic (exact) mass is 563 g/mol. The third kappa shape index (κ3) is 64.1. The van der Waals surface area contributed by atoms with Crippen LogP contribution in [0.4, 0.5) is 0 Å². The molecule has 0 amide bonds. The molecule has 0 unspecified atom stereocenters. The smallest absolute Gasteiger partial charge is 1.00 e. The minimum atomic E-state index is 0. The van der Waals surface area contributed by atoms with Crippen molar-refractivity contribution in [3.63, 3.8) is 0 Å². The summed E-state index contributed by atoms with van der Waals surface area (Å²) in [6.07, 6.45) is 0. The van der Waals surface area contributed by atoms with Gasteiger partial charge in [-0.2, -0.15) is 0 Å². The molecule has 0 heterocycles. The van der Waals surface area contributed by atoms with E-state index in [4.69, 9.17) is 0 Å². The number of halogens is 7. The summed E-state index contributed by atoms with van der Waals surface area (Å²) < 4.78 is 0. The first-order valence-corrected chi connectivity index (χ1v) is 0. The first-order chi connectivity index (χ1) is 0. The summed E-state index contributed by atoms with van der Waals surface area (Å²) in [5.41, 5.74) is 0. The SMILES string of the molecule is [Ce+3].[Cl-].[Cl-].[Cl-].[Cl-].[Cl-].[Cl-].[Cl-].[K+].[La+3]. The van der Waals surface area contributed by atoms with Gasteiger partial charge in [0.1, 0.15) is 0 Å². The third-order valence-corrected chi connectivity index (χ3v) is 0. The van der Waals surface area contributed by atoms with Crippen molar-refractivity contribution >= 4 is 0 Å². The fourth-order valence-electron chi connectivity index (χ4n) is 0. The van der Waals surface area contributed by atoms with Gasteiger partial charge in [0.2, 0.25) is 0 Å². The van der Waals surface area contributed by atoms with Gasteiger partial charge in [0.25, 0.3) is 0 Å². The van der Waals surface area contributed by atoms with Gasteiger partial charge in [-0.3, -0.25) is 0 Å². The predicted molar refractivity (Wildman–Crippen MR) is 0 cm³/mol. The van der Waals surface area contributed by atoms with Crippen LogP contribution in [0.5, 0.6) is 0 Å². The quantitative estimate of drug-likeness (QED) is 0.256. The molecule has 0 saturated carbocycles. The first kappa shape index (κ1) is 96.9. The second-order valence-electron chi connectivity index (χ2n) is 0. The Bertz CT molecular complexity index is 13.6. The zero-order chi connectivity index (χ0) is 0. The van der Waals surface area contributed by atoms with Crippen molar-refractivity contribution in [1.82, 2.24) is 0 Å². The van der Waals surface area contributed by atoms with Crippen LogP contribution in [0, 0.1) is 77.3 Å². The van der Waals surface area contributed by atoms with Crippen LogP contribution in [0.2, 0.25) is 0 Å². The molecule has 0 aromatic rings. The molecule has 0 atom stereocenters. The molecule has 57 valence electrons. The van der Waals surface area contributed by atoms with Crippen LogP contribution in [0.3, 0.4) is 0 Å². The summed E-state index contributed by atoms with van der Waals surface area (Å²) in [4.78, 5) is 0. The molecule has 10 heteroatoms. The van der Waals surface area contributed by atoms with Crippen molar-refractivity contribution in [2.24, 2.45) is 0 Å². The molecule has 0 aliphatic rings. The van der Waals surface area contributed by atoms with Gasteiger partial charge in [0.05, 0.1) is 0 Å². The maximum atomic E-state index is 0. The molecule has 0 spiro atoms.